The molecule has 16 heavy (non-hydrogen) atoms. The molecule has 1 aromatic rings. The maximum atomic E-state index is 10.8. The molecule has 8 heteroatoms. The van der Waals surface area contributed by atoms with Crippen LogP contribution in [0.25, 0.3) is 0 Å². The molecule has 1 aromatic carbocycles. The predicted molar refractivity (Wildman–Crippen MR) is 58.6 cm³/mol. The first-order valence-corrected chi connectivity index (χ1v) is 4.90. The summed E-state index contributed by atoms with van der Waals surface area (Å²) in [4.78, 5) is 20.9. The van der Waals surface area contributed by atoms with Gasteiger partial charge in [0.25, 0.3) is 5.91 Å². The standard InChI is InChI=1S/C8H8BrN3O4/c9-5-2-1-3-6(12(14)15)8(5)16-4-7(13)11-10/h1-3H,4,10H2,(H,11,13). The van der Waals surface area contributed by atoms with Crippen molar-refractivity contribution in [2.75, 3.05) is 6.61 Å². The van der Waals surface area contributed by atoms with Crippen molar-refractivity contribution in [1.29, 1.82) is 0 Å². The Hall–Kier alpha value is -1.67. The van der Waals surface area contributed by atoms with E-state index in [1.54, 1.807) is 6.07 Å². The number of hydrazine groups is 1. The summed E-state index contributed by atoms with van der Waals surface area (Å²) in [6.45, 7) is -0.389. The lowest BCUT2D eigenvalue weighted by molar-refractivity contribution is -0.385. The van der Waals surface area contributed by atoms with E-state index in [1.807, 2.05) is 5.43 Å². The lowest BCUT2D eigenvalue weighted by atomic mass is 10.3. The number of rotatable bonds is 4. The van der Waals surface area contributed by atoms with Crippen LogP contribution in [0.1, 0.15) is 0 Å². The summed E-state index contributed by atoms with van der Waals surface area (Å²) in [6, 6.07) is 4.35. The molecular weight excluding hydrogens is 282 g/mol. The summed E-state index contributed by atoms with van der Waals surface area (Å²) in [5, 5.41) is 10.7. The molecule has 0 atom stereocenters. The molecule has 3 N–H and O–H groups in total. The molecule has 1 rings (SSSR count). The Kier molecular flexibility index (Phi) is 4.20. The van der Waals surface area contributed by atoms with Gasteiger partial charge in [-0.2, -0.15) is 0 Å². The number of nitrogens with one attached hydrogen (secondary N) is 1. The molecule has 0 aliphatic heterocycles. The highest BCUT2D eigenvalue weighted by atomic mass is 79.9. The third kappa shape index (κ3) is 2.91. The Morgan fingerprint density at radius 1 is 1.62 bits per heavy atom. The van der Waals surface area contributed by atoms with Gasteiger partial charge in [-0.15, -0.1) is 0 Å². The van der Waals surface area contributed by atoms with E-state index < -0.39 is 10.8 Å². The first kappa shape index (κ1) is 12.4. The van der Waals surface area contributed by atoms with Gasteiger partial charge in [0.05, 0.1) is 9.40 Å². The second kappa shape index (κ2) is 5.42. The minimum Gasteiger partial charge on any atom is -0.476 e. The summed E-state index contributed by atoms with van der Waals surface area (Å²) in [6.07, 6.45) is 0. The lowest BCUT2D eigenvalue weighted by Crippen LogP contribution is -2.34. The van der Waals surface area contributed by atoms with Crippen molar-refractivity contribution in [3.05, 3.63) is 32.8 Å². The van der Waals surface area contributed by atoms with Gasteiger partial charge in [0.2, 0.25) is 5.75 Å². The van der Waals surface area contributed by atoms with Gasteiger partial charge in [-0.3, -0.25) is 20.3 Å². The van der Waals surface area contributed by atoms with Crippen LogP contribution in [0.3, 0.4) is 0 Å². The highest BCUT2D eigenvalue weighted by molar-refractivity contribution is 9.10. The number of halogens is 1. The number of carbonyl (C=O) groups excluding carboxylic acids is 1. The fourth-order valence-electron chi connectivity index (χ4n) is 0.964. The van der Waals surface area contributed by atoms with E-state index in [0.717, 1.165) is 0 Å². The van der Waals surface area contributed by atoms with Crippen LogP contribution in [0.15, 0.2) is 22.7 Å². The summed E-state index contributed by atoms with van der Waals surface area (Å²) in [5.74, 6) is 4.26. The highest BCUT2D eigenvalue weighted by Crippen LogP contribution is 2.34. The number of para-hydroxylation sites is 1. The summed E-state index contributed by atoms with van der Waals surface area (Å²) in [7, 11) is 0. The van der Waals surface area contributed by atoms with Crippen LogP contribution in [-0.4, -0.2) is 17.4 Å². The number of nitrogens with zero attached hydrogens (tertiary/aromatic N) is 1. The van der Waals surface area contributed by atoms with E-state index in [1.165, 1.54) is 12.1 Å². The topological polar surface area (TPSA) is 107 Å². The van der Waals surface area contributed by atoms with Crippen LogP contribution in [0.4, 0.5) is 5.69 Å². The minimum atomic E-state index is -0.597. The quantitative estimate of drug-likeness (QED) is 0.368. The molecule has 0 heterocycles. The summed E-state index contributed by atoms with van der Waals surface area (Å²) >= 11 is 3.10. The SMILES string of the molecule is NNC(=O)COc1c(Br)cccc1[N+](=O)[O-]. The average molecular weight is 290 g/mol. The molecule has 7 nitrogen and oxygen atoms in total. The first-order valence-electron chi connectivity index (χ1n) is 4.11. The number of nitro benzene ring substituents is 1. The van der Waals surface area contributed by atoms with Crippen molar-refractivity contribution in [1.82, 2.24) is 5.43 Å². The van der Waals surface area contributed by atoms with Crippen LogP contribution in [0.2, 0.25) is 0 Å². The Labute approximate surface area is 98.8 Å². The second-order valence-corrected chi connectivity index (χ2v) is 3.56. The molecule has 0 aliphatic rings. The van der Waals surface area contributed by atoms with E-state index in [2.05, 4.69) is 15.9 Å². The number of nitrogens with two attached hydrogens (primary N) is 1. The van der Waals surface area contributed by atoms with Gasteiger partial charge in [-0.1, -0.05) is 6.07 Å². The molecule has 0 saturated heterocycles. The third-order valence-electron chi connectivity index (χ3n) is 1.65. The van der Waals surface area contributed by atoms with Gasteiger partial charge < -0.3 is 4.74 Å². The van der Waals surface area contributed by atoms with E-state index >= 15 is 0 Å². The molecule has 0 aliphatic carbocycles. The molecule has 0 radical (unpaired) electrons. The van der Waals surface area contributed by atoms with Crippen molar-refractivity contribution < 1.29 is 14.5 Å². The molecule has 1 amide bonds. The normalized spacial score (nSPS) is 9.62. The number of ether oxygens (including phenoxy) is 1. The summed E-state index contributed by atoms with van der Waals surface area (Å²) < 4.78 is 5.40. The predicted octanol–water partition coefficient (Wildman–Crippen LogP) is 0.726. The van der Waals surface area contributed by atoms with Gasteiger partial charge in [0, 0.05) is 6.07 Å². The van der Waals surface area contributed by atoms with Gasteiger partial charge in [0.1, 0.15) is 0 Å². The van der Waals surface area contributed by atoms with Gasteiger partial charge in [-0.25, -0.2) is 5.84 Å². The van der Waals surface area contributed by atoms with E-state index in [4.69, 9.17) is 10.6 Å². The third-order valence-corrected chi connectivity index (χ3v) is 2.28. The molecule has 0 unspecified atom stereocenters. The Morgan fingerprint density at radius 3 is 2.88 bits per heavy atom. The maximum absolute atomic E-state index is 10.8. The number of nitro groups is 1. The van der Waals surface area contributed by atoms with Gasteiger partial charge in [-0.05, 0) is 22.0 Å². The zero-order chi connectivity index (χ0) is 12.1. The average Bonchev–Trinajstić information content (AvgIpc) is 2.26. The number of carbonyl (C=O) groups is 1. The number of hydrogen-bond donors (Lipinski definition) is 2. The smallest absolute Gasteiger partial charge is 0.312 e. The zero-order valence-electron chi connectivity index (χ0n) is 7.97. The van der Waals surface area contributed by atoms with Gasteiger partial charge in [0.15, 0.2) is 6.61 Å². The van der Waals surface area contributed by atoms with Crippen molar-refractivity contribution in [2.24, 2.45) is 5.84 Å². The fraction of sp³-hybridized carbons (Fsp3) is 0.125. The Bertz CT molecular complexity index is 424. The van der Waals surface area contributed by atoms with E-state index in [9.17, 15) is 14.9 Å². The Balaban J connectivity index is 2.93. The largest absolute Gasteiger partial charge is 0.476 e. The molecular formula is C8H8BrN3O4. The summed E-state index contributed by atoms with van der Waals surface area (Å²) in [5.41, 5.74) is 1.63. The zero-order valence-corrected chi connectivity index (χ0v) is 9.56. The van der Waals surface area contributed by atoms with Crippen molar-refractivity contribution in [3.8, 4) is 5.75 Å². The maximum Gasteiger partial charge on any atom is 0.312 e. The van der Waals surface area contributed by atoms with Crippen LogP contribution < -0.4 is 16.0 Å². The molecule has 0 spiro atoms. The lowest BCUT2D eigenvalue weighted by Gasteiger charge is -2.07. The number of hydrogen-bond acceptors (Lipinski definition) is 5. The van der Waals surface area contributed by atoms with Crippen LogP contribution in [0.5, 0.6) is 5.75 Å². The minimum absolute atomic E-state index is 0.00361. The van der Waals surface area contributed by atoms with E-state index in [-0.39, 0.29) is 18.0 Å². The number of amides is 1. The van der Waals surface area contributed by atoms with E-state index in [0.29, 0.717) is 4.47 Å². The molecule has 0 bridgehead atoms. The monoisotopic (exact) mass is 289 g/mol. The van der Waals surface area contributed by atoms with Crippen LogP contribution in [0, 0.1) is 10.1 Å². The van der Waals surface area contributed by atoms with Crippen molar-refractivity contribution >= 4 is 27.5 Å². The number of benzene rings is 1. The van der Waals surface area contributed by atoms with Crippen LogP contribution >= 0.6 is 15.9 Å². The highest BCUT2D eigenvalue weighted by Gasteiger charge is 2.18. The fourth-order valence-corrected chi connectivity index (χ4v) is 1.43. The molecule has 0 fully saturated rings. The van der Waals surface area contributed by atoms with Crippen molar-refractivity contribution in [2.45, 2.75) is 0 Å². The second-order valence-electron chi connectivity index (χ2n) is 2.70. The molecule has 0 saturated carbocycles. The van der Waals surface area contributed by atoms with Crippen LogP contribution in [-0.2, 0) is 4.79 Å². The molecule has 86 valence electrons. The van der Waals surface area contributed by atoms with Crippen molar-refractivity contribution in [3.63, 3.8) is 0 Å². The van der Waals surface area contributed by atoms with Gasteiger partial charge >= 0.3 is 5.69 Å². The first-order chi connectivity index (χ1) is 7.56. The molecule has 0 aromatic heterocycles. The Morgan fingerprint density at radius 2 is 2.31 bits per heavy atom.